The zero-order valence-electron chi connectivity index (χ0n) is 14.8. The minimum atomic E-state index is -0.491. The van der Waals surface area contributed by atoms with E-state index in [1.165, 1.54) is 14.0 Å². The third-order valence-corrected chi connectivity index (χ3v) is 1.98. The van der Waals surface area contributed by atoms with Gasteiger partial charge in [-0.25, -0.2) is 5.90 Å². The number of rotatable bonds is 10. The number of hydrogen-bond donors (Lipinski definition) is 3. The van der Waals surface area contributed by atoms with Crippen molar-refractivity contribution in [1.82, 2.24) is 0 Å². The highest BCUT2D eigenvalue weighted by atomic mass is 16.6. The number of hydrogen-bond acceptors (Lipinski definition) is 10. The predicted octanol–water partition coefficient (Wildman–Crippen LogP) is -0.597. The van der Waals surface area contributed by atoms with Crippen LogP contribution in [0.5, 0.6) is 0 Å². The Balaban J connectivity index is -0.000000333. The highest BCUT2D eigenvalue weighted by Crippen LogP contribution is 1.90. The molecule has 0 saturated carbocycles. The number of ether oxygens (including phenoxy) is 4. The van der Waals surface area contributed by atoms with Crippen molar-refractivity contribution in [3.05, 3.63) is 0 Å². The van der Waals surface area contributed by atoms with Crippen LogP contribution in [0.2, 0.25) is 0 Å². The average Bonchev–Trinajstić information content (AvgIpc) is 2.49. The third kappa shape index (κ3) is 28.6. The van der Waals surface area contributed by atoms with Crippen LogP contribution in [0.15, 0.2) is 0 Å². The molecule has 0 amide bonds. The van der Waals surface area contributed by atoms with Gasteiger partial charge in [0.05, 0.1) is 19.6 Å². The van der Waals surface area contributed by atoms with Crippen molar-refractivity contribution in [2.75, 3.05) is 40.6 Å². The largest absolute Gasteiger partial charge is 0.463 e. The fourth-order valence-electron chi connectivity index (χ4n) is 1.05. The van der Waals surface area contributed by atoms with Crippen LogP contribution >= 0.6 is 0 Å². The Labute approximate surface area is 142 Å². The van der Waals surface area contributed by atoms with E-state index < -0.39 is 5.97 Å². The van der Waals surface area contributed by atoms with Gasteiger partial charge < -0.3 is 29.9 Å². The molecule has 144 valence electrons. The maximum atomic E-state index is 10.8. The second-order valence-corrected chi connectivity index (χ2v) is 4.49. The number of ketones is 1. The number of carbonyl (C=O) groups excluding carboxylic acids is 3. The molecule has 5 N–H and O–H groups in total. The van der Waals surface area contributed by atoms with E-state index in [0.717, 1.165) is 0 Å². The lowest BCUT2D eigenvalue weighted by molar-refractivity contribution is -0.147. The molecule has 1 atom stereocenters. The van der Waals surface area contributed by atoms with E-state index in [-0.39, 0.29) is 37.2 Å². The molecular formula is C14H30N2O8. The second kappa shape index (κ2) is 21.4. The topological polar surface area (TPSA) is 160 Å². The predicted molar refractivity (Wildman–Crippen MR) is 85.2 cm³/mol. The summed E-state index contributed by atoms with van der Waals surface area (Å²) in [5.41, 5.74) is 5.37. The minimum Gasteiger partial charge on any atom is -0.463 e. The molecule has 0 aliphatic heterocycles. The van der Waals surface area contributed by atoms with Crippen LogP contribution in [-0.2, 0) is 33.3 Å². The summed E-state index contributed by atoms with van der Waals surface area (Å²) in [7, 11) is 3.07. The van der Waals surface area contributed by atoms with E-state index in [1.54, 1.807) is 14.0 Å². The number of nitrogens with two attached hydrogens (primary N) is 2. The lowest BCUT2D eigenvalue weighted by atomic mass is 10.3. The summed E-state index contributed by atoms with van der Waals surface area (Å²) in [5.74, 6) is 2.55. The fourth-order valence-corrected chi connectivity index (χ4v) is 1.05. The Bertz CT molecular complexity index is 324. The molecule has 0 aromatic rings. The summed E-state index contributed by atoms with van der Waals surface area (Å²) in [6.45, 7) is 4.42. The summed E-state index contributed by atoms with van der Waals surface area (Å²) in [4.78, 5) is 31.8. The number of methoxy groups -OCH3 is 2. The summed E-state index contributed by atoms with van der Waals surface area (Å²) in [6.07, 6.45) is 0.118. The molecule has 0 spiro atoms. The molecular weight excluding hydrogens is 324 g/mol. The first-order chi connectivity index (χ1) is 11.3. The van der Waals surface area contributed by atoms with Crippen molar-refractivity contribution in [1.29, 1.82) is 0 Å². The van der Waals surface area contributed by atoms with E-state index in [0.29, 0.717) is 19.8 Å². The Morgan fingerprint density at radius 1 is 0.917 bits per heavy atom. The molecule has 0 aromatic heterocycles. The van der Waals surface area contributed by atoms with Gasteiger partial charge in [-0.15, -0.1) is 0 Å². The van der Waals surface area contributed by atoms with Gasteiger partial charge in [-0.3, -0.25) is 14.4 Å². The lowest BCUT2D eigenvalue weighted by Gasteiger charge is -2.05. The molecule has 0 aliphatic carbocycles. The zero-order valence-corrected chi connectivity index (χ0v) is 14.8. The maximum Gasteiger partial charge on any atom is 0.313 e. The molecule has 0 aliphatic rings. The Morgan fingerprint density at radius 2 is 1.33 bits per heavy atom. The maximum absolute atomic E-state index is 10.8. The second-order valence-electron chi connectivity index (χ2n) is 4.49. The van der Waals surface area contributed by atoms with Crippen LogP contribution < -0.4 is 11.6 Å². The monoisotopic (exact) mass is 354 g/mol. The SMILES string of the molecule is COCCOC(=O)CC(C)=O.COCCOC(=O)CC(C)N.NO. The summed E-state index contributed by atoms with van der Waals surface area (Å²) >= 11 is 0. The molecule has 10 heteroatoms. The van der Waals surface area contributed by atoms with Gasteiger partial charge in [-0.05, 0) is 13.8 Å². The number of Topliss-reactive ketones (excluding diaryl/α,β-unsaturated/α-hetero) is 1. The van der Waals surface area contributed by atoms with E-state index in [1.807, 2.05) is 0 Å². The summed E-state index contributed by atoms with van der Waals surface area (Å²) in [6, 6.07) is -0.134. The molecule has 0 fully saturated rings. The van der Waals surface area contributed by atoms with Crippen LogP contribution in [0.1, 0.15) is 26.7 Å². The summed E-state index contributed by atoms with van der Waals surface area (Å²) < 4.78 is 18.7. The van der Waals surface area contributed by atoms with Crippen molar-refractivity contribution in [3.63, 3.8) is 0 Å². The molecule has 0 rings (SSSR count). The van der Waals surface area contributed by atoms with Crippen molar-refractivity contribution in [2.24, 2.45) is 11.6 Å². The Kier molecular flexibility index (Phi) is 24.3. The van der Waals surface area contributed by atoms with Gasteiger partial charge >= 0.3 is 11.9 Å². The van der Waals surface area contributed by atoms with Crippen LogP contribution in [0.3, 0.4) is 0 Å². The van der Waals surface area contributed by atoms with Crippen molar-refractivity contribution < 1.29 is 38.5 Å². The minimum absolute atomic E-state index is 0.134. The van der Waals surface area contributed by atoms with E-state index in [9.17, 15) is 14.4 Å². The lowest BCUT2D eigenvalue weighted by Crippen LogP contribution is -2.21. The fraction of sp³-hybridized carbons (Fsp3) is 0.786. The number of carbonyl (C=O) groups is 3. The first kappa shape index (κ1) is 27.3. The molecule has 0 radical (unpaired) electrons. The van der Waals surface area contributed by atoms with E-state index >= 15 is 0 Å². The van der Waals surface area contributed by atoms with Gasteiger partial charge in [-0.1, -0.05) is 0 Å². The van der Waals surface area contributed by atoms with Gasteiger partial charge in [0.1, 0.15) is 25.4 Å². The first-order valence-electron chi connectivity index (χ1n) is 7.13. The van der Waals surface area contributed by atoms with Crippen molar-refractivity contribution in [2.45, 2.75) is 32.7 Å². The van der Waals surface area contributed by atoms with Crippen LogP contribution in [-0.4, -0.2) is 69.6 Å². The standard InChI is InChI=1S/C7H15NO3.C7H12O4.H3NO/c2*1-6(8)5-7(9)11-4-3-10-2;1-2/h6H,3-5,8H2,1-2H3;3-5H2,1-2H3;2H,1H2. The normalized spacial score (nSPS) is 10.3. The first-order valence-corrected chi connectivity index (χ1v) is 7.13. The molecule has 0 bridgehead atoms. The smallest absolute Gasteiger partial charge is 0.313 e. The van der Waals surface area contributed by atoms with Crippen LogP contribution in [0.4, 0.5) is 0 Å². The molecule has 10 nitrogen and oxygen atoms in total. The van der Waals surface area contributed by atoms with Gasteiger partial charge in [0.15, 0.2) is 0 Å². The number of esters is 2. The molecule has 0 saturated heterocycles. The molecule has 24 heavy (non-hydrogen) atoms. The molecule has 0 aromatic carbocycles. The molecule has 1 unspecified atom stereocenters. The van der Waals surface area contributed by atoms with Gasteiger partial charge in [0.2, 0.25) is 0 Å². The van der Waals surface area contributed by atoms with Gasteiger partial charge in [0.25, 0.3) is 0 Å². The van der Waals surface area contributed by atoms with Gasteiger partial charge in [-0.2, -0.15) is 0 Å². The Morgan fingerprint density at radius 3 is 1.67 bits per heavy atom. The highest BCUT2D eigenvalue weighted by Gasteiger charge is 2.05. The van der Waals surface area contributed by atoms with Gasteiger partial charge in [0, 0.05) is 20.3 Å². The van der Waals surface area contributed by atoms with Crippen LogP contribution in [0.25, 0.3) is 0 Å². The third-order valence-electron chi connectivity index (χ3n) is 1.98. The Hall–Kier alpha value is -1.59. The highest BCUT2D eigenvalue weighted by molar-refractivity contribution is 5.94. The van der Waals surface area contributed by atoms with Crippen molar-refractivity contribution in [3.8, 4) is 0 Å². The van der Waals surface area contributed by atoms with E-state index in [4.69, 9.17) is 15.7 Å². The zero-order chi connectivity index (χ0) is 19.4. The quantitative estimate of drug-likeness (QED) is 0.200. The molecule has 0 heterocycles. The average molecular weight is 354 g/mol. The van der Waals surface area contributed by atoms with Crippen LogP contribution in [0, 0.1) is 0 Å². The summed E-state index contributed by atoms with van der Waals surface area (Å²) in [5, 5.41) is 6.50. The van der Waals surface area contributed by atoms with E-state index in [2.05, 4.69) is 20.1 Å². The van der Waals surface area contributed by atoms with Crippen molar-refractivity contribution >= 4 is 17.7 Å².